The highest BCUT2D eigenvalue weighted by molar-refractivity contribution is 8.00. The average molecular weight is 289 g/mol. The monoisotopic (exact) mass is 288 g/mol. The SMILES string of the molecule is N#Cc1c(Cl)cccc1S(=O)(=O)N1CCSC1. The van der Waals surface area contributed by atoms with Crippen LogP contribution in [0.25, 0.3) is 0 Å². The summed E-state index contributed by atoms with van der Waals surface area (Å²) in [6.07, 6.45) is 0. The van der Waals surface area contributed by atoms with Crippen LogP contribution in [-0.4, -0.2) is 30.9 Å². The summed E-state index contributed by atoms with van der Waals surface area (Å²) >= 11 is 7.38. The lowest BCUT2D eigenvalue weighted by atomic mass is 10.2. The fraction of sp³-hybridized carbons (Fsp3) is 0.300. The highest BCUT2D eigenvalue weighted by Crippen LogP contribution is 2.28. The molecular formula is C10H9ClN2O2S2. The van der Waals surface area contributed by atoms with Gasteiger partial charge in [-0.1, -0.05) is 17.7 Å². The number of hydrogen-bond donors (Lipinski definition) is 0. The number of hydrogen-bond acceptors (Lipinski definition) is 4. The van der Waals surface area contributed by atoms with Gasteiger partial charge in [-0.05, 0) is 12.1 Å². The highest BCUT2D eigenvalue weighted by atomic mass is 35.5. The molecule has 17 heavy (non-hydrogen) atoms. The third kappa shape index (κ3) is 2.29. The number of thioether (sulfide) groups is 1. The lowest BCUT2D eigenvalue weighted by molar-refractivity contribution is 0.489. The Morgan fingerprint density at radius 3 is 2.82 bits per heavy atom. The van der Waals surface area contributed by atoms with Crippen LogP contribution in [0.1, 0.15) is 5.56 Å². The minimum atomic E-state index is -3.60. The lowest BCUT2D eigenvalue weighted by Crippen LogP contribution is -2.28. The van der Waals surface area contributed by atoms with E-state index in [9.17, 15) is 8.42 Å². The molecule has 1 aliphatic rings. The predicted octanol–water partition coefficient (Wildman–Crippen LogP) is 1.91. The summed E-state index contributed by atoms with van der Waals surface area (Å²) in [5, 5.41) is 9.15. The van der Waals surface area contributed by atoms with Crippen LogP contribution < -0.4 is 0 Å². The van der Waals surface area contributed by atoms with Gasteiger partial charge in [0.05, 0.1) is 16.5 Å². The summed E-state index contributed by atoms with van der Waals surface area (Å²) < 4.78 is 25.9. The summed E-state index contributed by atoms with van der Waals surface area (Å²) in [7, 11) is -3.60. The van der Waals surface area contributed by atoms with Gasteiger partial charge in [0.25, 0.3) is 0 Å². The smallest absolute Gasteiger partial charge is 0.207 e. The Labute approximate surface area is 109 Å². The molecule has 0 aromatic heterocycles. The molecule has 0 radical (unpaired) electrons. The van der Waals surface area contributed by atoms with E-state index in [-0.39, 0.29) is 15.5 Å². The van der Waals surface area contributed by atoms with Gasteiger partial charge in [-0.15, -0.1) is 11.8 Å². The summed E-state index contributed by atoms with van der Waals surface area (Å²) in [4.78, 5) is -0.00463. The molecule has 0 amide bonds. The van der Waals surface area contributed by atoms with E-state index in [1.807, 2.05) is 6.07 Å². The van der Waals surface area contributed by atoms with Gasteiger partial charge in [-0.3, -0.25) is 0 Å². The van der Waals surface area contributed by atoms with E-state index < -0.39 is 10.0 Å². The number of nitrogens with zero attached hydrogens (tertiary/aromatic N) is 2. The highest BCUT2D eigenvalue weighted by Gasteiger charge is 2.30. The molecule has 0 N–H and O–H groups in total. The van der Waals surface area contributed by atoms with Crippen LogP contribution in [0, 0.1) is 11.3 Å². The molecule has 0 saturated carbocycles. The van der Waals surface area contributed by atoms with E-state index in [2.05, 4.69) is 0 Å². The first-order valence-corrected chi connectivity index (χ1v) is 7.81. The first kappa shape index (κ1) is 12.7. The molecule has 2 rings (SSSR count). The first-order valence-electron chi connectivity index (χ1n) is 4.84. The normalized spacial score (nSPS) is 16.9. The molecule has 1 heterocycles. The van der Waals surface area contributed by atoms with Gasteiger partial charge in [-0.2, -0.15) is 9.57 Å². The molecule has 1 aromatic carbocycles. The van der Waals surface area contributed by atoms with Crippen molar-refractivity contribution in [3.05, 3.63) is 28.8 Å². The van der Waals surface area contributed by atoms with Gasteiger partial charge in [0.15, 0.2) is 0 Å². The molecule has 1 aliphatic heterocycles. The maximum atomic E-state index is 12.3. The fourth-order valence-corrected chi connectivity index (χ4v) is 4.81. The topological polar surface area (TPSA) is 61.2 Å². The van der Waals surface area contributed by atoms with Gasteiger partial charge >= 0.3 is 0 Å². The molecule has 1 saturated heterocycles. The summed E-state index contributed by atoms with van der Waals surface area (Å²) in [5.41, 5.74) is 0.0195. The molecule has 1 aromatic rings. The minimum absolute atomic E-state index is 0.00463. The Morgan fingerprint density at radius 1 is 1.47 bits per heavy atom. The molecule has 0 aliphatic carbocycles. The molecule has 7 heteroatoms. The van der Waals surface area contributed by atoms with Crippen molar-refractivity contribution >= 4 is 33.4 Å². The number of rotatable bonds is 2. The summed E-state index contributed by atoms with van der Waals surface area (Å²) in [6, 6.07) is 6.32. The Bertz CT molecular complexity index is 574. The Kier molecular flexibility index (Phi) is 3.64. The number of halogens is 1. The number of nitriles is 1. The van der Waals surface area contributed by atoms with Crippen molar-refractivity contribution in [2.45, 2.75) is 4.90 Å². The van der Waals surface area contributed by atoms with Crippen molar-refractivity contribution < 1.29 is 8.42 Å². The predicted molar refractivity (Wildman–Crippen MR) is 67.4 cm³/mol. The molecule has 90 valence electrons. The van der Waals surface area contributed by atoms with Gasteiger partial charge in [0.1, 0.15) is 11.0 Å². The molecule has 0 spiro atoms. The van der Waals surface area contributed by atoms with Crippen LogP contribution in [0.2, 0.25) is 5.02 Å². The Balaban J connectivity index is 2.54. The average Bonchev–Trinajstić information content (AvgIpc) is 2.82. The summed E-state index contributed by atoms with van der Waals surface area (Å²) in [6.45, 7) is 0.477. The van der Waals surface area contributed by atoms with Gasteiger partial charge in [0.2, 0.25) is 10.0 Å². The van der Waals surface area contributed by atoms with E-state index in [0.717, 1.165) is 5.75 Å². The second kappa shape index (κ2) is 4.86. The quantitative estimate of drug-likeness (QED) is 0.834. The fourth-order valence-electron chi connectivity index (χ4n) is 1.55. The Hall–Kier alpha value is -0.740. The molecule has 0 atom stereocenters. The number of benzene rings is 1. The standard InChI is InChI=1S/C10H9ClN2O2S2/c11-9-2-1-3-10(8(9)6-12)17(14,15)13-4-5-16-7-13/h1-3H,4-5,7H2. The van der Waals surface area contributed by atoms with Crippen LogP contribution in [0.4, 0.5) is 0 Å². The zero-order valence-electron chi connectivity index (χ0n) is 8.76. The van der Waals surface area contributed by atoms with Crippen LogP contribution in [0.15, 0.2) is 23.1 Å². The van der Waals surface area contributed by atoms with Gasteiger partial charge in [0, 0.05) is 12.3 Å². The zero-order valence-corrected chi connectivity index (χ0v) is 11.1. The minimum Gasteiger partial charge on any atom is -0.207 e. The van der Waals surface area contributed by atoms with E-state index in [4.69, 9.17) is 16.9 Å². The number of sulfonamides is 1. The molecule has 1 fully saturated rings. The zero-order chi connectivity index (χ0) is 12.5. The summed E-state index contributed by atoms with van der Waals surface area (Å²) in [5.74, 6) is 1.21. The van der Waals surface area contributed by atoms with E-state index >= 15 is 0 Å². The molecular weight excluding hydrogens is 280 g/mol. The van der Waals surface area contributed by atoms with Crippen LogP contribution in [0.3, 0.4) is 0 Å². The van der Waals surface area contributed by atoms with Crippen LogP contribution >= 0.6 is 23.4 Å². The van der Waals surface area contributed by atoms with E-state index in [1.54, 1.807) is 17.8 Å². The second-order valence-corrected chi connectivity index (χ2v) is 6.83. The third-order valence-corrected chi connectivity index (χ3v) is 5.76. The van der Waals surface area contributed by atoms with Crippen molar-refractivity contribution in [1.82, 2.24) is 4.31 Å². The second-order valence-electron chi connectivity index (χ2n) is 3.44. The molecule has 0 unspecified atom stereocenters. The van der Waals surface area contributed by atoms with Crippen molar-refractivity contribution in [1.29, 1.82) is 5.26 Å². The lowest BCUT2D eigenvalue weighted by Gasteiger charge is -2.15. The maximum absolute atomic E-state index is 12.3. The third-order valence-electron chi connectivity index (χ3n) is 2.43. The van der Waals surface area contributed by atoms with Crippen molar-refractivity contribution in [2.24, 2.45) is 0 Å². The first-order chi connectivity index (χ1) is 8.07. The largest absolute Gasteiger partial charge is 0.245 e. The maximum Gasteiger partial charge on any atom is 0.245 e. The Morgan fingerprint density at radius 2 is 2.24 bits per heavy atom. The molecule has 4 nitrogen and oxygen atoms in total. The van der Waals surface area contributed by atoms with Crippen molar-refractivity contribution in [2.75, 3.05) is 18.2 Å². The van der Waals surface area contributed by atoms with Crippen LogP contribution in [0.5, 0.6) is 0 Å². The van der Waals surface area contributed by atoms with Crippen LogP contribution in [-0.2, 0) is 10.0 Å². The molecule has 0 bridgehead atoms. The van der Waals surface area contributed by atoms with Gasteiger partial charge < -0.3 is 0 Å². The van der Waals surface area contributed by atoms with Gasteiger partial charge in [-0.25, -0.2) is 8.42 Å². The van der Waals surface area contributed by atoms with Crippen molar-refractivity contribution in [3.63, 3.8) is 0 Å². The van der Waals surface area contributed by atoms with E-state index in [1.165, 1.54) is 16.4 Å². The van der Waals surface area contributed by atoms with E-state index in [0.29, 0.717) is 12.4 Å². The van der Waals surface area contributed by atoms with Crippen molar-refractivity contribution in [3.8, 4) is 6.07 Å².